The van der Waals surface area contributed by atoms with Crippen molar-refractivity contribution in [3.05, 3.63) is 23.8 Å². The lowest BCUT2D eigenvalue weighted by Gasteiger charge is -2.22. The summed E-state index contributed by atoms with van der Waals surface area (Å²) in [5, 5.41) is 0. The highest BCUT2D eigenvalue weighted by Crippen LogP contribution is 2.33. The van der Waals surface area contributed by atoms with Crippen LogP contribution in [0.1, 0.15) is 18.4 Å². The van der Waals surface area contributed by atoms with Gasteiger partial charge in [-0.25, -0.2) is 0 Å². The lowest BCUT2D eigenvalue weighted by atomic mass is 10.1. The molecule has 1 aliphatic heterocycles. The third-order valence-electron chi connectivity index (χ3n) is 2.84. The minimum Gasteiger partial charge on any atom is -0.495 e. The van der Waals surface area contributed by atoms with E-state index in [0.717, 1.165) is 5.75 Å². The molecule has 76 valence electrons. The fourth-order valence-corrected chi connectivity index (χ4v) is 2.14. The molecule has 0 radical (unpaired) electrons. The predicted octanol–water partition coefficient (Wildman–Crippen LogP) is 2.60. The molecular weight excluding hydrogens is 174 g/mol. The van der Waals surface area contributed by atoms with Crippen molar-refractivity contribution in [1.82, 2.24) is 0 Å². The van der Waals surface area contributed by atoms with Crippen LogP contribution < -0.4 is 9.64 Å². The molecule has 1 aliphatic rings. The van der Waals surface area contributed by atoms with Crippen molar-refractivity contribution in [2.45, 2.75) is 19.8 Å². The number of anilines is 1. The maximum atomic E-state index is 5.40. The molecule has 0 aromatic heterocycles. The Labute approximate surface area is 85.5 Å². The quantitative estimate of drug-likeness (QED) is 0.712. The van der Waals surface area contributed by atoms with Gasteiger partial charge in [-0.05, 0) is 31.4 Å². The molecule has 1 aromatic carbocycles. The first-order chi connectivity index (χ1) is 6.83. The smallest absolute Gasteiger partial charge is 0.142 e. The van der Waals surface area contributed by atoms with E-state index >= 15 is 0 Å². The SMILES string of the molecule is COc1cccc(C)c1N1CCCC1. The normalized spacial score (nSPS) is 16.0. The molecule has 2 rings (SSSR count). The van der Waals surface area contributed by atoms with Crippen molar-refractivity contribution >= 4 is 5.69 Å². The molecule has 0 saturated carbocycles. The number of hydrogen-bond acceptors (Lipinski definition) is 2. The number of rotatable bonds is 2. The van der Waals surface area contributed by atoms with Crippen molar-refractivity contribution in [3.63, 3.8) is 0 Å². The van der Waals surface area contributed by atoms with E-state index < -0.39 is 0 Å². The first-order valence-electron chi connectivity index (χ1n) is 5.21. The van der Waals surface area contributed by atoms with Gasteiger partial charge in [-0.15, -0.1) is 0 Å². The minimum atomic E-state index is 1.01. The van der Waals surface area contributed by atoms with Crippen molar-refractivity contribution in [2.24, 2.45) is 0 Å². The van der Waals surface area contributed by atoms with Gasteiger partial charge in [0.2, 0.25) is 0 Å². The highest BCUT2D eigenvalue weighted by molar-refractivity contribution is 5.63. The molecule has 0 spiro atoms. The van der Waals surface area contributed by atoms with Gasteiger partial charge < -0.3 is 9.64 Å². The number of ether oxygens (including phenoxy) is 1. The number of benzene rings is 1. The Kier molecular flexibility index (Phi) is 2.62. The second kappa shape index (κ2) is 3.91. The van der Waals surface area contributed by atoms with Crippen LogP contribution in [0.15, 0.2) is 18.2 Å². The number of para-hydroxylation sites is 1. The Bertz CT molecular complexity index is 316. The van der Waals surface area contributed by atoms with Gasteiger partial charge in [-0.1, -0.05) is 12.1 Å². The second-order valence-electron chi connectivity index (χ2n) is 3.82. The van der Waals surface area contributed by atoms with Gasteiger partial charge in [-0.3, -0.25) is 0 Å². The van der Waals surface area contributed by atoms with Gasteiger partial charge in [0.25, 0.3) is 0 Å². The lowest BCUT2D eigenvalue weighted by Crippen LogP contribution is -2.19. The molecule has 0 amide bonds. The summed E-state index contributed by atoms with van der Waals surface area (Å²) in [6.45, 7) is 4.48. The third kappa shape index (κ3) is 1.57. The van der Waals surface area contributed by atoms with E-state index in [4.69, 9.17) is 4.74 Å². The summed E-state index contributed by atoms with van der Waals surface area (Å²) >= 11 is 0. The zero-order valence-electron chi connectivity index (χ0n) is 8.92. The summed E-state index contributed by atoms with van der Waals surface area (Å²) in [7, 11) is 1.74. The van der Waals surface area contributed by atoms with Gasteiger partial charge in [0, 0.05) is 13.1 Å². The molecule has 0 N–H and O–H groups in total. The molecule has 1 saturated heterocycles. The molecule has 1 fully saturated rings. The van der Waals surface area contributed by atoms with E-state index in [9.17, 15) is 0 Å². The molecule has 1 heterocycles. The van der Waals surface area contributed by atoms with Crippen LogP contribution in [-0.4, -0.2) is 20.2 Å². The van der Waals surface area contributed by atoms with Crippen LogP contribution in [0.4, 0.5) is 5.69 Å². The Hall–Kier alpha value is -1.18. The summed E-state index contributed by atoms with van der Waals surface area (Å²) < 4.78 is 5.40. The van der Waals surface area contributed by atoms with E-state index in [1.807, 2.05) is 12.1 Å². The van der Waals surface area contributed by atoms with Crippen LogP contribution >= 0.6 is 0 Å². The van der Waals surface area contributed by atoms with Crippen molar-refractivity contribution in [1.29, 1.82) is 0 Å². The first-order valence-corrected chi connectivity index (χ1v) is 5.21. The number of methoxy groups -OCH3 is 1. The predicted molar refractivity (Wildman–Crippen MR) is 59.2 cm³/mol. The average molecular weight is 191 g/mol. The van der Waals surface area contributed by atoms with Gasteiger partial charge in [0.1, 0.15) is 5.75 Å². The largest absolute Gasteiger partial charge is 0.495 e. The number of nitrogens with zero attached hydrogens (tertiary/aromatic N) is 1. The van der Waals surface area contributed by atoms with Crippen molar-refractivity contribution < 1.29 is 4.74 Å². The molecule has 0 aliphatic carbocycles. The average Bonchev–Trinajstić information content (AvgIpc) is 2.70. The fourth-order valence-electron chi connectivity index (χ4n) is 2.14. The highest BCUT2D eigenvalue weighted by atomic mass is 16.5. The number of hydrogen-bond donors (Lipinski definition) is 0. The Morgan fingerprint density at radius 1 is 1.21 bits per heavy atom. The van der Waals surface area contributed by atoms with Gasteiger partial charge in [0.05, 0.1) is 12.8 Å². The van der Waals surface area contributed by atoms with E-state index in [2.05, 4.69) is 17.9 Å². The van der Waals surface area contributed by atoms with Gasteiger partial charge >= 0.3 is 0 Å². The third-order valence-corrected chi connectivity index (χ3v) is 2.84. The lowest BCUT2D eigenvalue weighted by molar-refractivity contribution is 0.414. The van der Waals surface area contributed by atoms with E-state index in [0.29, 0.717) is 0 Å². The molecule has 1 aromatic rings. The highest BCUT2D eigenvalue weighted by Gasteiger charge is 2.17. The van der Waals surface area contributed by atoms with E-state index in [1.54, 1.807) is 7.11 Å². The van der Waals surface area contributed by atoms with Crippen LogP contribution in [0.5, 0.6) is 5.75 Å². The molecule has 0 unspecified atom stereocenters. The van der Waals surface area contributed by atoms with E-state index in [1.165, 1.54) is 37.2 Å². The Balaban J connectivity index is 2.37. The second-order valence-corrected chi connectivity index (χ2v) is 3.82. The molecule has 0 atom stereocenters. The molecule has 14 heavy (non-hydrogen) atoms. The topological polar surface area (TPSA) is 12.5 Å². The van der Waals surface area contributed by atoms with Crippen molar-refractivity contribution in [3.8, 4) is 5.75 Å². The van der Waals surface area contributed by atoms with Gasteiger partial charge in [-0.2, -0.15) is 0 Å². The first kappa shape index (κ1) is 9.38. The van der Waals surface area contributed by atoms with Crippen LogP contribution in [0, 0.1) is 6.92 Å². The number of aryl methyl sites for hydroxylation is 1. The van der Waals surface area contributed by atoms with E-state index in [-0.39, 0.29) is 0 Å². The monoisotopic (exact) mass is 191 g/mol. The molecule has 2 heteroatoms. The maximum Gasteiger partial charge on any atom is 0.142 e. The van der Waals surface area contributed by atoms with Crippen LogP contribution in [0.25, 0.3) is 0 Å². The molecule has 2 nitrogen and oxygen atoms in total. The molecule has 0 bridgehead atoms. The van der Waals surface area contributed by atoms with Gasteiger partial charge in [0.15, 0.2) is 0 Å². The molecular formula is C12H17NO. The Morgan fingerprint density at radius 3 is 2.57 bits per heavy atom. The maximum absolute atomic E-state index is 5.40. The summed E-state index contributed by atoms with van der Waals surface area (Å²) in [6.07, 6.45) is 2.61. The summed E-state index contributed by atoms with van der Waals surface area (Å²) in [6, 6.07) is 6.24. The van der Waals surface area contributed by atoms with Crippen LogP contribution in [-0.2, 0) is 0 Å². The van der Waals surface area contributed by atoms with Crippen LogP contribution in [0.3, 0.4) is 0 Å². The summed E-state index contributed by atoms with van der Waals surface area (Å²) in [5.74, 6) is 1.01. The summed E-state index contributed by atoms with van der Waals surface area (Å²) in [5.41, 5.74) is 2.60. The Morgan fingerprint density at radius 2 is 1.93 bits per heavy atom. The standard InChI is InChI=1S/C12H17NO/c1-10-6-5-7-11(14-2)12(10)13-8-3-4-9-13/h5-7H,3-4,8-9H2,1-2H3. The summed E-state index contributed by atoms with van der Waals surface area (Å²) in [4.78, 5) is 2.42. The zero-order valence-corrected chi connectivity index (χ0v) is 8.92. The fraction of sp³-hybridized carbons (Fsp3) is 0.500. The minimum absolute atomic E-state index is 1.01. The van der Waals surface area contributed by atoms with Crippen LogP contribution in [0.2, 0.25) is 0 Å². The zero-order chi connectivity index (χ0) is 9.97. The van der Waals surface area contributed by atoms with Crippen molar-refractivity contribution in [2.75, 3.05) is 25.1 Å².